The van der Waals surface area contributed by atoms with Gasteiger partial charge in [-0.05, 0) is 35.0 Å². The Bertz CT molecular complexity index is 847. The summed E-state index contributed by atoms with van der Waals surface area (Å²) in [6.45, 7) is 0. The standard InChI is InChI=1S/C14H9BrClN3O/c15-10-3-1-9-6-11(4-2-8(9)5-10)19-13-12(16)14(20)18-7-17-13/h1-7H,(H2,17,18,19,20). The Morgan fingerprint density at radius 2 is 1.90 bits per heavy atom. The van der Waals surface area contributed by atoms with E-state index in [1.54, 1.807) is 0 Å². The third-order valence-electron chi connectivity index (χ3n) is 2.86. The Labute approximate surface area is 127 Å². The van der Waals surface area contributed by atoms with Gasteiger partial charge in [-0.15, -0.1) is 0 Å². The highest BCUT2D eigenvalue weighted by Gasteiger charge is 2.06. The lowest BCUT2D eigenvalue weighted by atomic mass is 10.1. The molecule has 0 aliphatic heterocycles. The highest BCUT2D eigenvalue weighted by atomic mass is 79.9. The first kappa shape index (κ1) is 13.1. The lowest BCUT2D eigenvalue weighted by Gasteiger charge is -2.08. The molecule has 0 aliphatic rings. The van der Waals surface area contributed by atoms with Crippen molar-refractivity contribution in [1.82, 2.24) is 9.97 Å². The zero-order valence-corrected chi connectivity index (χ0v) is 12.5. The zero-order chi connectivity index (χ0) is 14.1. The van der Waals surface area contributed by atoms with E-state index in [-0.39, 0.29) is 10.6 Å². The highest BCUT2D eigenvalue weighted by molar-refractivity contribution is 9.10. The van der Waals surface area contributed by atoms with Crippen LogP contribution in [0.2, 0.25) is 5.02 Å². The molecule has 2 aromatic carbocycles. The number of aromatic nitrogens is 2. The van der Waals surface area contributed by atoms with Gasteiger partial charge in [-0.2, -0.15) is 0 Å². The Kier molecular flexibility index (Phi) is 3.46. The molecule has 1 heterocycles. The van der Waals surface area contributed by atoms with E-state index in [9.17, 15) is 4.79 Å². The lowest BCUT2D eigenvalue weighted by molar-refractivity contribution is 1.12. The first-order chi connectivity index (χ1) is 9.63. The number of fused-ring (bicyclic) bond motifs is 1. The zero-order valence-electron chi connectivity index (χ0n) is 10.2. The SMILES string of the molecule is O=c1[nH]cnc(Nc2ccc3cc(Br)ccc3c2)c1Cl. The van der Waals surface area contributed by atoms with Crippen LogP contribution in [0.15, 0.2) is 52.0 Å². The molecule has 0 bridgehead atoms. The summed E-state index contributed by atoms with van der Waals surface area (Å²) in [4.78, 5) is 17.8. The van der Waals surface area contributed by atoms with Gasteiger partial charge in [-0.25, -0.2) is 4.98 Å². The molecule has 20 heavy (non-hydrogen) atoms. The van der Waals surface area contributed by atoms with Crippen molar-refractivity contribution >= 4 is 49.8 Å². The summed E-state index contributed by atoms with van der Waals surface area (Å²) in [6.07, 6.45) is 1.31. The number of aromatic amines is 1. The summed E-state index contributed by atoms with van der Waals surface area (Å²) in [7, 11) is 0. The second kappa shape index (κ2) is 5.26. The maximum atomic E-state index is 11.4. The van der Waals surface area contributed by atoms with Crippen molar-refractivity contribution in [3.05, 3.63) is 62.6 Å². The molecule has 0 fully saturated rings. The molecular formula is C14H9BrClN3O. The van der Waals surface area contributed by atoms with E-state index in [0.29, 0.717) is 5.82 Å². The minimum atomic E-state index is -0.367. The summed E-state index contributed by atoms with van der Waals surface area (Å²) < 4.78 is 1.03. The molecule has 6 heteroatoms. The lowest BCUT2D eigenvalue weighted by Crippen LogP contribution is -2.09. The number of H-pyrrole nitrogens is 1. The monoisotopic (exact) mass is 349 g/mol. The molecule has 3 aromatic rings. The Morgan fingerprint density at radius 3 is 2.75 bits per heavy atom. The van der Waals surface area contributed by atoms with Crippen LogP contribution in [0, 0.1) is 0 Å². The maximum absolute atomic E-state index is 11.4. The van der Waals surface area contributed by atoms with Gasteiger partial charge < -0.3 is 10.3 Å². The molecule has 0 amide bonds. The van der Waals surface area contributed by atoms with Crippen molar-refractivity contribution in [2.45, 2.75) is 0 Å². The smallest absolute Gasteiger partial charge is 0.271 e. The summed E-state index contributed by atoms with van der Waals surface area (Å²) in [5.74, 6) is 0.340. The van der Waals surface area contributed by atoms with Crippen molar-refractivity contribution in [1.29, 1.82) is 0 Å². The first-order valence-corrected chi connectivity index (χ1v) is 7.00. The second-order valence-electron chi connectivity index (χ2n) is 4.23. The van der Waals surface area contributed by atoms with Crippen LogP contribution in [0.3, 0.4) is 0 Å². The molecule has 1 aromatic heterocycles. The first-order valence-electron chi connectivity index (χ1n) is 5.83. The van der Waals surface area contributed by atoms with E-state index >= 15 is 0 Å². The third-order valence-corrected chi connectivity index (χ3v) is 3.71. The number of anilines is 2. The Morgan fingerprint density at radius 1 is 1.15 bits per heavy atom. The topological polar surface area (TPSA) is 57.8 Å². The average Bonchev–Trinajstić information content (AvgIpc) is 2.44. The van der Waals surface area contributed by atoms with Gasteiger partial charge in [0.15, 0.2) is 5.82 Å². The predicted octanol–water partition coefficient (Wildman–Crippen LogP) is 4.08. The minimum absolute atomic E-state index is 0.0448. The van der Waals surface area contributed by atoms with Crippen LogP contribution < -0.4 is 10.9 Å². The Hall–Kier alpha value is -1.85. The summed E-state index contributed by atoms with van der Waals surface area (Å²) >= 11 is 9.35. The van der Waals surface area contributed by atoms with E-state index < -0.39 is 0 Å². The molecule has 0 saturated carbocycles. The van der Waals surface area contributed by atoms with Gasteiger partial charge in [0.05, 0.1) is 6.33 Å². The van der Waals surface area contributed by atoms with Gasteiger partial charge >= 0.3 is 0 Å². The summed E-state index contributed by atoms with van der Waals surface area (Å²) in [5, 5.41) is 5.29. The quantitative estimate of drug-likeness (QED) is 0.732. The fraction of sp³-hybridized carbons (Fsp3) is 0. The van der Waals surface area contributed by atoms with E-state index in [1.165, 1.54) is 6.33 Å². The van der Waals surface area contributed by atoms with Gasteiger partial charge in [0.25, 0.3) is 5.56 Å². The molecular weight excluding hydrogens is 342 g/mol. The Balaban J connectivity index is 2.01. The van der Waals surface area contributed by atoms with E-state index in [1.807, 2.05) is 36.4 Å². The van der Waals surface area contributed by atoms with Crippen LogP contribution >= 0.6 is 27.5 Å². The van der Waals surface area contributed by atoms with Crippen molar-refractivity contribution in [2.24, 2.45) is 0 Å². The number of benzene rings is 2. The molecule has 0 unspecified atom stereocenters. The van der Waals surface area contributed by atoms with Gasteiger partial charge in [0.2, 0.25) is 0 Å². The van der Waals surface area contributed by atoms with Crippen molar-refractivity contribution in [3.63, 3.8) is 0 Å². The number of hydrogen-bond acceptors (Lipinski definition) is 3. The molecule has 3 rings (SSSR count). The van der Waals surface area contributed by atoms with Crippen molar-refractivity contribution in [2.75, 3.05) is 5.32 Å². The van der Waals surface area contributed by atoms with Crippen molar-refractivity contribution < 1.29 is 0 Å². The van der Waals surface area contributed by atoms with Crippen LogP contribution in [0.4, 0.5) is 11.5 Å². The largest absolute Gasteiger partial charge is 0.339 e. The van der Waals surface area contributed by atoms with Crippen LogP contribution in [0.1, 0.15) is 0 Å². The molecule has 100 valence electrons. The van der Waals surface area contributed by atoms with Gasteiger partial charge in [-0.3, -0.25) is 4.79 Å². The fourth-order valence-electron chi connectivity index (χ4n) is 1.90. The molecule has 4 nitrogen and oxygen atoms in total. The third kappa shape index (κ3) is 2.55. The molecule has 0 spiro atoms. The number of nitrogens with one attached hydrogen (secondary N) is 2. The normalized spacial score (nSPS) is 10.7. The molecule has 0 aliphatic carbocycles. The molecule has 0 saturated heterocycles. The van der Waals surface area contributed by atoms with E-state index in [2.05, 4.69) is 31.2 Å². The number of hydrogen-bond donors (Lipinski definition) is 2. The highest BCUT2D eigenvalue weighted by Crippen LogP contribution is 2.25. The minimum Gasteiger partial charge on any atom is -0.339 e. The second-order valence-corrected chi connectivity index (χ2v) is 5.52. The van der Waals surface area contributed by atoms with Crippen molar-refractivity contribution in [3.8, 4) is 0 Å². The molecule has 0 atom stereocenters. The predicted molar refractivity (Wildman–Crippen MR) is 84.8 cm³/mol. The molecule has 0 radical (unpaired) electrons. The van der Waals surface area contributed by atoms with E-state index in [0.717, 1.165) is 20.9 Å². The van der Waals surface area contributed by atoms with Gasteiger partial charge in [0.1, 0.15) is 5.02 Å². The molecule has 2 N–H and O–H groups in total. The number of nitrogens with zero attached hydrogens (tertiary/aromatic N) is 1. The maximum Gasteiger partial charge on any atom is 0.271 e. The number of rotatable bonds is 2. The summed E-state index contributed by atoms with van der Waals surface area (Å²) in [6, 6.07) is 11.9. The number of halogens is 2. The van der Waals surface area contributed by atoms with E-state index in [4.69, 9.17) is 11.6 Å². The van der Waals surface area contributed by atoms with Gasteiger partial charge in [0, 0.05) is 10.2 Å². The fourth-order valence-corrected chi connectivity index (χ4v) is 2.43. The van der Waals surface area contributed by atoms with Gasteiger partial charge in [-0.1, -0.05) is 39.7 Å². The van der Waals surface area contributed by atoms with Crippen LogP contribution in [0.25, 0.3) is 10.8 Å². The van der Waals surface area contributed by atoms with Crippen LogP contribution in [-0.4, -0.2) is 9.97 Å². The average molecular weight is 351 g/mol. The van der Waals surface area contributed by atoms with Crippen LogP contribution in [-0.2, 0) is 0 Å². The summed E-state index contributed by atoms with van der Waals surface area (Å²) in [5.41, 5.74) is 0.453. The van der Waals surface area contributed by atoms with Crippen LogP contribution in [0.5, 0.6) is 0 Å².